The van der Waals surface area contributed by atoms with Gasteiger partial charge in [-0.2, -0.15) is 5.10 Å². The second-order valence-corrected chi connectivity index (χ2v) is 5.17. The number of halogens is 1. The number of anilines is 1. The highest BCUT2D eigenvalue weighted by molar-refractivity contribution is 14.1. The molecule has 0 atom stereocenters. The summed E-state index contributed by atoms with van der Waals surface area (Å²) in [6.45, 7) is 0.771. The summed E-state index contributed by atoms with van der Waals surface area (Å²) in [5, 5.41) is 6.97. The summed E-state index contributed by atoms with van der Waals surface area (Å²) >= 11 is 2.24. The standard InChI is InChI=1S/C13H14IN3O/c14-11-4-6-12(7-5-11)16-13(18)3-1-9-17-10-2-8-15-17/h2,4-8,10H,1,3,9H2,(H,16,18). The lowest BCUT2D eigenvalue weighted by Crippen LogP contribution is -2.12. The number of nitrogens with one attached hydrogen (secondary N) is 1. The fraction of sp³-hybridized carbons (Fsp3) is 0.231. The molecule has 0 aliphatic rings. The number of carbonyl (C=O) groups is 1. The van der Waals surface area contributed by atoms with Crippen molar-refractivity contribution in [3.05, 3.63) is 46.3 Å². The molecule has 0 radical (unpaired) electrons. The fourth-order valence-corrected chi connectivity index (χ4v) is 1.95. The van der Waals surface area contributed by atoms with Gasteiger partial charge in [0.2, 0.25) is 5.91 Å². The van der Waals surface area contributed by atoms with Crippen molar-refractivity contribution in [2.24, 2.45) is 0 Å². The van der Waals surface area contributed by atoms with Gasteiger partial charge in [0.1, 0.15) is 0 Å². The first-order chi connectivity index (χ1) is 8.74. The number of hydrogen-bond donors (Lipinski definition) is 1. The smallest absolute Gasteiger partial charge is 0.224 e. The van der Waals surface area contributed by atoms with Crippen LogP contribution in [-0.2, 0) is 11.3 Å². The highest BCUT2D eigenvalue weighted by Gasteiger charge is 2.02. The van der Waals surface area contributed by atoms with Crippen LogP contribution in [0.4, 0.5) is 5.69 Å². The predicted octanol–water partition coefficient (Wildman–Crippen LogP) is 2.91. The second-order valence-electron chi connectivity index (χ2n) is 3.93. The van der Waals surface area contributed by atoms with Crippen LogP contribution in [0, 0.1) is 3.57 Å². The van der Waals surface area contributed by atoms with Gasteiger partial charge in [-0.25, -0.2) is 0 Å². The monoisotopic (exact) mass is 355 g/mol. The van der Waals surface area contributed by atoms with E-state index in [-0.39, 0.29) is 5.91 Å². The predicted molar refractivity (Wildman–Crippen MR) is 79.2 cm³/mol. The molecule has 1 heterocycles. The molecule has 0 saturated carbocycles. The number of hydrogen-bond acceptors (Lipinski definition) is 2. The van der Waals surface area contributed by atoms with Crippen molar-refractivity contribution < 1.29 is 4.79 Å². The van der Waals surface area contributed by atoms with Gasteiger partial charge in [0, 0.05) is 34.6 Å². The van der Waals surface area contributed by atoms with Crippen LogP contribution >= 0.6 is 22.6 Å². The Morgan fingerprint density at radius 1 is 1.33 bits per heavy atom. The van der Waals surface area contributed by atoms with Gasteiger partial charge in [0.25, 0.3) is 0 Å². The lowest BCUT2D eigenvalue weighted by molar-refractivity contribution is -0.116. The number of aryl methyl sites for hydroxylation is 1. The first kappa shape index (κ1) is 13.1. The first-order valence-electron chi connectivity index (χ1n) is 5.77. The summed E-state index contributed by atoms with van der Waals surface area (Å²) in [5.41, 5.74) is 0.847. The van der Waals surface area contributed by atoms with Crippen LogP contribution in [0.5, 0.6) is 0 Å². The van der Waals surface area contributed by atoms with Crippen LogP contribution in [-0.4, -0.2) is 15.7 Å². The van der Waals surface area contributed by atoms with Gasteiger partial charge in [-0.3, -0.25) is 9.48 Å². The zero-order valence-electron chi connectivity index (χ0n) is 9.84. The summed E-state index contributed by atoms with van der Waals surface area (Å²) in [6.07, 6.45) is 4.94. The summed E-state index contributed by atoms with van der Waals surface area (Å²) < 4.78 is 2.99. The molecule has 0 unspecified atom stereocenters. The summed E-state index contributed by atoms with van der Waals surface area (Å²) in [4.78, 5) is 11.7. The minimum atomic E-state index is 0.0448. The zero-order valence-corrected chi connectivity index (χ0v) is 12.0. The Balaban J connectivity index is 1.73. The fourth-order valence-electron chi connectivity index (χ4n) is 1.59. The number of aromatic nitrogens is 2. The normalized spacial score (nSPS) is 10.3. The van der Waals surface area contributed by atoms with Gasteiger partial charge < -0.3 is 5.32 Å². The van der Waals surface area contributed by atoms with Crippen LogP contribution in [0.25, 0.3) is 0 Å². The number of carbonyl (C=O) groups excluding carboxylic acids is 1. The van der Waals surface area contributed by atoms with Crippen molar-refractivity contribution in [3.8, 4) is 0 Å². The van der Waals surface area contributed by atoms with E-state index in [1.54, 1.807) is 6.20 Å². The third-order valence-corrected chi connectivity index (χ3v) is 3.20. The Labute approximate surface area is 120 Å². The summed E-state index contributed by atoms with van der Waals surface area (Å²) in [6, 6.07) is 9.64. The molecule has 5 heteroatoms. The van der Waals surface area contributed by atoms with Gasteiger partial charge in [0.05, 0.1) is 0 Å². The number of amides is 1. The molecule has 1 amide bonds. The van der Waals surface area contributed by atoms with Crippen LogP contribution in [0.1, 0.15) is 12.8 Å². The van der Waals surface area contributed by atoms with E-state index in [9.17, 15) is 4.79 Å². The van der Waals surface area contributed by atoms with E-state index >= 15 is 0 Å². The van der Waals surface area contributed by atoms with Gasteiger partial charge in [-0.05, 0) is 59.3 Å². The average Bonchev–Trinajstić information content (AvgIpc) is 2.85. The third kappa shape index (κ3) is 4.14. The van der Waals surface area contributed by atoms with Crippen molar-refractivity contribution in [1.82, 2.24) is 9.78 Å². The molecule has 1 aromatic carbocycles. The minimum Gasteiger partial charge on any atom is -0.326 e. The molecule has 0 spiro atoms. The van der Waals surface area contributed by atoms with Gasteiger partial charge in [0.15, 0.2) is 0 Å². The zero-order chi connectivity index (χ0) is 12.8. The third-order valence-electron chi connectivity index (χ3n) is 2.48. The summed E-state index contributed by atoms with van der Waals surface area (Å²) in [5.74, 6) is 0.0448. The van der Waals surface area contributed by atoms with Crippen molar-refractivity contribution in [2.75, 3.05) is 5.32 Å². The second kappa shape index (κ2) is 6.53. The number of nitrogens with zero attached hydrogens (tertiary/aromatic N) is 2. The maximum absolute atomic E-state index is 11.7. The van der Waals surface area contributed by atoms with E-state index in [4.69, 9.17) is 0 Å². The van der Waals surface area contributed by atoms with Crippen molar-refractivity contribution in [1.29, 1.82) is 0 Å². The molecule has 0 saturated heterocycles. The summed E-state index contributed by atoms with van der Waals surface area (Å²) in [7, 11) is 0. The molecule has 2 aromatic rings. The van der Waals surface area contributed by atoms with Crippen LogP contribution in [0.3, 0.4) is 0 Å². The molecule has 0 bridgehead atoms. The van der Waals surface area contributed by atoms with Crippen molar-refractivity contribution >= 4 is 34.2 Å². The van der Waals surface area contributed by atoms with Crippen LogP contribution < -0.4 is 5.32 Å². The number of rotatable bonds is 5. The average molecular weight is 355 g/mol. The van der Waals surface area contributed by atoms with Crippen molar-refractivity contribution in [2.45, 2.75) is 19.4 Å². The maximum Gasteiger partial charge on any atom is 0.224 e. The Morgan fingerprint density at radius 3 is 2.78 bits per heavy atom. The highest BCUT2D eigenvalue weighted by Crippen LogP contribution is 2.11. The quantitative estimate of drug-likeness (QED) is 0.839. The number of benzene rings is 1. The highest BCUT2D eigenvalue weighted by atomic mass is 127. The Hall–Kier alpha value is -1.37. The molecule has 94 valence electrons. The van der Waals surface area contributed by atoms with E-state index in [0.29, 0.717) is 6.42 Å². The Kier molecular flexibility index (Phi) is 4.74. The van der Waals surface area contributed by atoms with E-state index in [1.807, 2.05) is 41.2 Å². The van der Waals surface area contributed by atoms with Gasteiger partial charge in [-0.15, -0.1) is 0 Å². The van der Waals surface area contributed by atoms with E-state index in [1.165, 1.54) is 0 Å². The lowest BCUT2D eigenvalue weighted by atomic mass is 10.2. The Morgan fingerprint density at radius 2 is 2.11 bits per heavy atom. The molecule has 1 aromatic heterocycles. The first-order valence-corrected chi connectivity index (χ1v) is 6.85. The molecule has 2 rings (SSSR count). The molecule has 1 N–H and O–H groups in total. The largest absolute Gasteiger partial charge is 0.326 e. The van der Waals surface area contributed by atoms with Gasteiger partial charge >= 0.3 is 0 Å². The van der Waals surface area contributed by atoms with Gasteiger partial charge in [-0.1, -0.05) is 0 Å². The van der Waals surface area contributed by atoms with E-state index in [0.717, 1.165) is 22.2 Å². The molecule has 0 aliphatic heterocycles. The molecule has 0 fully saturated rings. The van der Waals surface area contributed by atoms with E-state index in [2.05, 4.69) is 33.0 Å². The SMILES string of the molecule is O=C(CCCn1cccn1)Nc1ccc(I)cc1. The Bertz CT molecular complexity index is 493. The van der Waals surface area contributed by atoms with Crippen LogP contribution in [0.15, 0.2) is 42.7 Å². The molecule has 18 heavy (non-hydrogen) atoms. The molecular formula is C13H14IN3O. The molecule has 4 nitrogen and oxygen atoms in total. The van der Waals surface area contributed by atoms with Crippen molar-refractivity contribution in [3.63, 3.8) is 0 Å². The maximum atomic E-state index is 11.7. The topological polar surface area (TPSA) is 46.9 Å². The minimum absolute atomic E-state index is 0.0448. The lowest BCUT2D eigenvalue weighted by Gasteiger charge is -2.05. The van der Waals surface area contributed by atoms with E-state index < -0.39 is 0 Å². The molecular weight excluding hydrogens is 341 g/mol. The van der Waals surface area contributed by atoms with Crippen LogP contribution in [0.2, 0.25) is 0 Å². The molecule has 0 aliphatic carbocycles.